The molecular weight excluding hydrogens is 392 g/mol. The van der Waals surface area contributed by atoms with Gasteiger partial charge in [-0.25, -0.2) is 15.2 Å². The molecule has 11 nitrogen and oxygen atoms in total. The van der Waals surface area contributed by atoms with Crippen LogP contribution in [-0.2, 0) is 25.4 Å². The van der Waals surface area contributed by atoms with Crippen molar-refractivity contribution in [2.24, 2.45) is 19.2 Å². The van der Waals surface area contributed by atoms with Crippen molar-refractivity contribution in [2.45, 2.75) is 13.0 Å². The van der Waals surface area contributed by atoms with Gasteiger partial charge in [0.25, 0.3) is 5.56 Å². The molecule has 1 aromatic carbocycles. The second-order valence-electron chi connectivity index (χ2n) is 6.44. The van der Waals surface area contributed by atoms with Crippen LogP contribution in [0.5, 0.6) is 11.5 Å². The van der Waals surface area contributed by atoms with Gasteiger partial charge in [-0.3, -0.25) is 18.7 Å². The van der Waals surface area contributed by atoms with Gasteiger partial charge in [0.2, 0.25) is 5.91 Å². The number of ether oxygens (including phenoxy) is 2. The molecule has 0 atom stereocenters. The number of benzene rings is 1. The molecule has 1 amide bonds. The Hall–Kier alpha value is -3.89. The quantitative estimate of drug-likeness (QED) is 0.429. The van der Waals surface area contributed by atoms with Crippen LogP contribution in [0, 0.1) is 0 Å². The lowest BCUT2D eigenvalue weighted by atomic mass is 10.2. The number of nitrogens with zero attached hydrogens (tertiary/aromatic N) is 5. The van der Waals surface area contributed by atoms with Crippen LogP contribution in [0.2, 0.25) is 0 Å². The molecule has 0 aliphatic heterocycles. The number of carbonyl (C=O) groups is 1. The Labute approximate surface area is 171 Å². The standard InChI is InChI=1S/C19H22N6O5/c1-23-17-15(18(27)24(2)19(23)28)25(11-20-17)9-8-14(26)22-21-10-12-6-5-7-13(29-3)16(12)30-4/h5-7,10-11H,8-9H2,1-4H3,(H,22,26). The minimum atomic E-state index is -0.464. The number of carbonyl (C=O) groups excluding carboxylic acids is 1. The number of hydrogen-bond acceptors (Lipinski definition) is 7. The van der Waals surface area contributed by atoms with Gasteiger partial charge in [0.15, 0.2) is 22.7 Å². The predicted octanol–water partition coefficient (Wildman–Crippen LogP) is -0.00870. The van der Waals surface area contributed by atoms with E-state index in [1.807, 2.05) is 0 Å². The fourth-order valence-corrected chi connectivity index (χ4v) is 3.03. The molecule has 0 aliphatic carbocycles. The van der Waals surface area contributed by atoms with Gasteiger partial charge < -0.3 is 14.0 Å². The van der Waals surface area contributed by atoms with E-state index in [-0.39, 0.29) is 30.0 Å². The Kier molecular flexibility index (Phi) is 6.00. The maximum absolute atomic E-state index is 12.4. The van der Waals surface area contributed by atoms with Gasteiger partial charge >= 0.3 is 5.69 Å². The first kappa shape index (κ1) is 20.8. The van der Waals surface area contributed by atoms with Crippen molar-refractivity contribution in [3.05, 3.63) is 50.9 Å². The van der Waals surface area contributed by atoms with Crippen molar-refractivity contribution in [3.8, 4) is 11.5 Å². The zero-order valence-electron chi connectivity index (χ0n) is 17.1. The summed E-state index contributed by atoms with van der Waals surface area (Å²) in [6.07, 6.45) is 2.95. The third kappa shape index (κ3) is 3.81. The van der Waals surface area contributed by atoms with Crippen LogP contribution in [0.15, 0.2) is 39.2 Å². The summed E-state index contributed by atoms with van der Waals surface area (Å²) < 4.78 is 14.4. The molecule has 3 aromatic rings. The van der Waals surface area contributed by atoms with E-state index in [9.17, 15) is 14.4 Å². The Balaban J connectivity index is 1.70. The fourth-order valence-electron chi connectivity index (χ4n) is 3.03. The topological polar surface area (TPSA) is 122 Å². The molecule has 0 spiro atoms. The SMILES string of the molecule is COc1cccc(C=NNC(=O)CCn2cnc3c2c(=O)n(C)c(=O)n3C)c1OC. The average Bonchev–Trinajstić information content (AvgIpc) is 3.18. The molecule has 0 bridgehead atoms. The molecular formula is C19H22N6O5. The number of para-hydroxylation sites is 1. The lowest BCUT2D eigenvalue weighted by molar-refractivity contribution is -0.121. The first-order valence-corrected chi connectivity index (χ1v) is 9.02. The van der Waals surface area contributed by atoms with E-state index in [0.29, 0.717) is 17.1 Å². The van der Waals surface area contributed by atoms with Gasteiger partial charge in [0, 0.05) is 32.6 Å². The van der Waals surface area contributed by atoms with Crippen LogP contribution in [0.3, 0.4) is 0 Å². The summed E-state index contributed by atoms with van der Waals surface area (Å²) in [6, 6.07) is 5.31. The number of hydrogen-bond donors (Lipinski definition) is 1. The van der Waals surface area contributed by atoms with Crippen molar-refractivity contribution < 1.29 is 14.3 Å². The number of hydrazone groups is 1. The zero-order chi connectivity index (χ0) is 21.8. The van der Waals surface area contributed by atoms with Crippen LogP contribution in [0.1, 0.15) is 12.0 Å². The molecule has 2 heterocycles. The summed E-state index contributed by atoms with van der Waals surface area (Å²) >= 11 is 0. The monoisotopic (exact) mass is 414 g/mol. The highest BCUT2D eigenvalue weighted by molar-refractivity contribution is 5.86. The molecule has 2 aromatic heterocycles. The normalized spacial score (nSPS) is 11.2. The van der Waals surface area contributed by atoms with E-state index < -0.39 is 11.2 Å². The number of amides is 1. The molecule has 11 heteroatoms. The number of fused-ring (bicyclic) bond motifs is 1. The molecule has 0 radical (unpaired) electrons. The lowest BCUT2D eigenvalue weighted by Crippen LogP contribution is -2.37. The van der Waals surface area contributed by atoms with E-state index in [1.165, 1.54) is 45.4 Å². The van der Waals surface area contributed by atoms with Gasteiger partial charge in [-0.2, -0.15) is 5.10 Å². The summed E-state index contributed by atoms with van der Waals surface area (Å²) in [7, 11) is 5.99. The van der Waals surface area contributed by atoms with E-state index in [1.54, 1.807) is 22.8 Å². The van der Waals surface area contributed by atoms with E-state index in [0.717, 1.165) is 4.57 Å². The van der Waals surface area contributed by atoms with Crippen molar-refractivity contribution in [1.82, 2.24) is 24.1 Å². The Bertz CT molecular complexity index is 1240. The first-order valence-electron chi connectivity index (χ1n) is 9.02. The van der Waals surface area contributed by atoms with E-state index >= 15 is 0 Å². The summed E-state index contributed by atoms with van der Waals surface area (Å²) in [5.41, 5.74) is 2.69. The molecule has 0 aliphatic rings. The number of imidazole rings is 1. The molecule has 1 N–H and O–H groups in total. The molecule has 0 saturated heterocycles. The third-order valence-electron chi connectivity index (χ3n) is 4.62. The van der Waals surface area contributed by atoms with Crippen LogP contribution >= 0.6 is 0 Å². The van der Waals surface area contributed by atoms with Gasteiger partial charge in [-0.1, -0.05) is 6.07 Å². The Morgan fingerprint density at radius 2 is 1.97 bits per heavy atom. The maximum atomic E-state index is 12.4. The second kappa shape index (κ2) is 8.64. The molecule has 0 unspecified atom stereocenters. The predicted molar refractivity (Wildman–Crippen MR) is 110 cm³/mol. The number of aromatic nitrogens is 4. The van der Waals surface area contributed by atoms with Gasteiger partial charge in [0.1, 0.15) is 0 Å². The highest BCUT2D eigenvalue weighted by Crippen LogP contribution is 2.29. The molecule has 30 heavy (non-hydrogen) atoms. The zero-order valence-corrected chi connectivity index (χ0v) is 17.1. The van der Waals surface area contributed by atoms with Crippen LogP contribution in [0.25, 0.3) is 11.2 Å². The van der Waals surface area contributed by atoms with Crippen molar-refractivity contribution >= 4 is 23.3 Å². The van der Waals surface area contributed by atoms with Crippen LogP contribution < -0.4 is 26.1 Å². The van der Waals surface area contributed by atoms with Gasteiger partial charge in [0.05, 0.1) is 26.8 Å². The number of rotatable bonds is 7. The average molecular weight is 414 g/mol. The second-order valence-corrected chi connectivity index (χ2v) is 6.44. The molecule has 0 saturated carbocycles. The summed E-state index contributed by atoms with van der Waals surface area (Å²) in [5.74, 6) is 0.705. The summed E-state index contributed by atoms with van der Waals surface area (Å²) in [6.45, 7) is 0.202. The third-order valence-corrected chi connectivity index (χ3v) is 4.62. The minimum Gasteiger partial charge on any atom is -0.493 e. The Morgan fingerprint density at radius 1 is 1.20 bits per heavy atom. The smallest absolute Gasteiger partial charge is 0.332 e. The highest BCUT2D eigenvalue weighted by Gasteiger charge is 2.14. The highest BCUT2D eigenvalue weighted by atomic mass is 16.5. The number of aryl methyl sites for hydroxylation is 2. The Morgan fingerprint density at radius 3 is 2.67 bits per heavy atom. The first-order chi connectivity index (χ1) is 14.4. The number of methoxy groups -OCH3 is 2. The van der Waals surface area contributed by atoms with Crippen molar-refractivity contribution in [2.75, 3.05) is 14.2 Å². The van der Waals surface area contributed by atoms with Crippen LogP contribution in [0.4, 0.5) is 0 Å². The largest absolute Gasteiger partial charge is 0.493 e. The van der Waals surface area contributed by atoms with E-state index in [4.69, 9.17) is 9.47 Å². The van der Waals surface area contributed by atoms with Crippen molar-refractivity contribution in [3.63, 3.8) is 0 Å². The minimum absolute atomic E-state index is 0.0596. The van der Waals surface area contributed by atoms with Crippen molar-refractivity contribution in [1.29, 1.82) is 0 Å². The van der Waals surface area contributed by atoms with Gasteiger partial charge in [-0.05, 0) is 12.1 Å². The molecule has 0 fully saturated rings. The maximum Gasteiger partial charge on any atom is 0.332 e. The fraction of sp³-hybridized carbons (Fsp3) is 0.316. The van der Waals surface area contributed by atoms with E-state index in [2.05, 4.69) is 15.5 Å². The molecule has 3 rings (SSSR count). The molecule has 158 valence electrons. The van der Waals surface area contributed by atoms with Crippen LogP contribution in [-0.4, -0.2) is 45.0 Å². The lowest BCUT2D eigenvalue weighted by Gasteiger charge is -2.09. The van der Waals surface area contributed by atoms with Gasteiger partial charge in [-0.15, -0.1) is 0 Å². The number of nitrogens with one attached hydrogen (secondary N) is 1. The summed E-state index contributed by atoms with van der Waals surface area (Å²) in [4.78, 5) is 40.7. The summed E-state index contributed by atoms with van der Waals surface area (Å²) in [5, 5.41) is 3.95.